The number of methoxy groups -OCH3 is 1. The number of aryl methyl sites for hydroxylation is 2. The average molecular weight is 365 g/mol. The van der Waals surface area contributed by atoms with Crippen molar-refractivity contribution in [1.29, 1.82) is 0 Å². The molecule has 0 fully saturated rings. The predicted octanol–water partition coefficient (Wildman–Crippen LogP) is 5.08. The minimum Gasteiger partial charge on any atom is -0.494 e. The van der Waals surface area contributed by atoms with E-state index >= 15 is 0 Å². The van der Waals surface area contributed by atoms with Crippen molar-refractivity contribution in [2.24, 2.45) is 4.99 Å². The first-order valence-electron chi connectivity index (χ1n) is 9.24. The van der Waals surface area contributed by atoms with Crippen LogP contribution in [0.3, 0.4) is 0 Å². The number of hydrogen-bond acceptors (Lipinski definition) is 4. The van der Waals surface area contributed by atoms with Crippen molar-refractivity contribution in [2.75, 3.05) is 19.0 Å². The van der Waals surface area contributed by atoms with Crippen LogP contribution >= 0.6 is 0 Å². The third kappa shape index (κ3) is 4.14. The summed E-state index contributed by atoms with van der Waals surface area (Å²) in [5, 5.41) is 14.8. The molecule has 5 nitrogen and oxygen atoms in total. The predicted molar refractivity (Wildman–Crippen MR) is 113 cm³/mol. The third-order valence-corrected chi connectivity index (χ3v) is 4.82. The van der Waals surface area contributed by atoms with Crippen LogP contribution in [-0.4, -0.2) is 36.1 Å². The lowest BCUT2D eigenvalue weighted by atomic mass is 10.1. The lowest BCUT2D eigenvalue weighted by Crippen LogP contribution is -2.24. The largest absolute Gasteiger partial charge is 0.494 e. The maximum Gasteiger partial charge on any atom is 0.198 e. The van der Waals surface area contributed by atoms with Crippen LogP contribution in [0, 0.1) is 13.8 Å². The van der Waals surface area contributed by atoms with E-state index in [9.17, 15) is 5.11 Å². The fourth-order valence-corrected chi connectivity index (χ4v) is 3.28. The number of fused-ring (bicyclic) bond motifs is 1. The van der Waals surface area contributed by atoms with Crippen molar-refractivity contribution < 1.29 is 9.84 Å². The van der Waals surface area contributed by atoms with Gasteiger partial charge in [-0.25, -0.2) is 0 Å². The Bertz CT molecular complexity index is 960. The molecule has 1 aromatic heterocycles. The second kappa shape index (κ2) is 8.27. The summed E-state index contributed by atoms with van der Waals surface area (Å²) < 4.78 is 5.25. The summed E-state index contributed by atoms with van der Waals surface area (Å²) in [6.45, 7) is 6.91. The van der Waals surface area contributed by atoms with E-state index < -0.39 is 0 Å². The van der Waals surface area contributed by atoms with Crippen LogP contribution in [0.25, 0.3) is 10.9 Å². The van der Waals surface area contributed by atoms with E-state index in [1.54, 1.807) is 13.3 Å². The van der Waals surface area contributed by atoms with Gasteiger partial charge < -0.3 is 20.1 Å². The molecule has 3 aromatic rings. The number of benzene rings is 2. The van der Waals surface area contributed by atoms with Gasteiger partial charge in [-0.3, -0.25) is 4.99 Å². The first kappa shape index (κ1) is 19.0. The molecule has 0 spiro atoms. The number of rotatable bonds is 7. The van der Waals surface area contributed by atoms with Gasteiger partial charge in [-0.15, -0.1) is 0 Å². The van der Waals surface area contributed by atoms with Crippen molar-refractivity contribution in [2.45, 2.75) is 33.2 Å². The second-order valence-electron chi connectivity index (χ2n) is 6.85. The Morgan fingerprint density at radius 3 is 2.74 bits per heavy atom. The molecular weight excluding hydrogens is 338 g/mol. The topological polar surface area (TPSA) is 69.6 Å². The monoisotopic (exact) mass is 365 g/mol. The summed E-state index contributed by atoms with van der Waals surface area (Å²) >= 11 is 0. The Morgan fingerprint density at radius 2 is 2.04 bits per heavy atom. The quantitative estimate of drug-likeness (QED) is 0.512. The molecule has 27 heavy (non-hydrogen) atoms. The van der Waals surface area contributed by atoms with Gasteiger partial charge in [0, 0.05) is 36.0 Å². The number of aliphatic imine (C=N–C) groups is 1. The third-order valence-electron chi connectivity index (χ3n) is 4.82. The van der Waals surface area contributed by atoms with Crippen molar-refractivity contribution in [1.82, 2.24) is 4.98 Å². The Hall–Kier alpha value is -2.79. The fraction of sp³-hybridized carbons (Fsp3) is 0.318. The van der Waals surface area contributed by atoms with Crippen molar-refractivity contribution in [3.05, 3.63) is 53.1 Å². The van der Waals surface area contributed by atoms with Crippen LogP contribution in [0.15, 0.2) is 41.4 Å². The fourth-order valence-electron chi connectivity index (χ4n) is 3.28. The number of hydrogen-bond donors (Lipinski definition) is 3. The van der Waals surface area contributed by atoms with E-state index in [2.05, 4.69) is 29.1 Å². The molecule has 0 saturated carbocycles. The van der Waals surface area contributed by atoms with Crippen LogP contribution in [0.1, 0.15) is 30.0 Å². The van der Waals surface area contributed by atoms with Crippen LogP contribution in [0.4, 0.5) is 11.4 Å². The first-order chi connectivity index (χ1) is 13.0. The zero-order valence-corrected chi connectivity index (χ0v) is 16.3. The van der Waals surface area contributed by atoms with Gasteiger partial charge in [-0.1, -0.05) is 19.1 Å². The Balaban J connectivity index is 1.85. The molecule has 0 aliphatic rings. The van der Waals surface area contributed by atoms with E-state index in [1.807, 2.05) is 43.3 Å². The van der Waals surface area contributed by atoms with Crippen molar-refractivity contribution in [3.63, 3.8) is 0 Å². The van der Waals surface area contributed by atoms with E-state index in [0.29, 0.717) is 12.2 Å². The van der Waals surface area contributed by atoms with Crippen LogP contribution < -0.4 is 5.32 Å². The zero-order valence-electron chi connectivity index (χ0n) is 16.3. The SMILES string of the molecule is CCC(COC)Nc1ccc(N=Cc2c(O)[nH]c3cccc(C)c23)cc1C. The first-order valence-corrected chi connectivity index (χ1v) is 9.24. The van der Waals surface area contributed by atoms with Gasteiger partial charge >= 0.3 is 0 Å². The summed E-state index contributed by atoms with van der Waals surface area (Å²) in [4.78, 5) is 7.59. The highest BCUT2D eigenvalue weighted by atomic mass is 16.5. The summed E-state index contributed by atoms with van der Waals surface area (Å²) in [5.74, 6) is 0.142. The lowest BCUT2D eigenvalue weighted by Gasteiger charge is -2.19. The van der Waals surface area contributed by atoms with Gasteiger partial charge in [-0.2, -0.15) is 0 Å². The molecule has 0 amide bonds. The molecule has 0 bridgehead atoms. The number of ether oxygens (including phenoxy) is 1. The minimum absolute atomic E-state index is 0.142. The maximum atomic E-state index is 10.2. The summed E-state index contributed by atoms with van der Waals surface area (Å²) in [5.41, 5.74) is 5.79. The highest BCUT2D eigenvalue weighted by molar-refractivity contribution is 6.04. The number of anilines is 1. The van der Waals surface area contributed by atoms with Crippen LogP contribution in [0.2, 0.25) is 0 Å². The normalized spacial score (nSPS) is 12.7. The van der Waals surface area contributed by atoms with Crippen molar-refractivity contribution >= 4 is 28.5 Å². The second-order valence-corrected chi connectivity index (χ2v) is 6.85. The minimum atomic E-state index is 0.142. The van der Waals surface area contributed by atoms with E-state index in [4.69, 9.17) is 4.74 Å². The van der Waals surface area contributed by atoms with Crippen LogP contribution in [0.5, 0.6) is 5.88 Å². The molecule has 2 aromatic carbocycles. The average Bonchev–Trinajstić information content (AvgIpc) is 2.97. The molecule has 3 rings (SSSR count). The highest BCUT2D eigenvalue weighted by Crippen LogP contribution is 2.29. The molecule has 1 atom stereocenters. The van der Waals surface area contributed by atoms with Gasteiger partial charge in [0.2, 0.25) is 0 Å². The summed E-state index contributed by atoms with van der Waals surface area (Å²) in [6.07, 6.45) is 2.72. The Kier molecular flexibility index (Phi) is 5.81. The molecule has 0 aliphatic heterocycles. The van der Waals surface area contributed by atoms with Crippen LogP contribution in [-0.2, 0) is 4.74 Å². The van der Waals surface area contributed by atoms with Gasteiger partial charge in [0.15, 0.2) is 5.88 Å². The standard InChI is InChI=1S/C22H27N3O2/c1-5-16(13-27-4)24-19-10-9-17(11-15(19)3)23-12-18-21-14(2)7-6-8-20(21)25-22(18)26/h6-12,16,24-26H,5,13H2,1-4H3. The Morgan fingerprint density at radius 1 is 1.22 bits per heavy atom. The van der Waals surface area contributed by atoms with Gasteiger partial charge in [0.1, 0.15) is 0 Å². The molecule has 0 saturated heterocycles. The van der Waals surface area contributed by atoms with Gasteiger partial charge in [0.05, 0.1) is 17.9 Å². The molecule has 3 N–H and O–H groups in total. The molecular formula is C22H27N3O2. The number of aromatic hydroxyl groups is 1. The number of aromatic nitrogens is 1. The van der Waals surface area contributed by atoms with E-state index in [1.165, 1.54) is 0 Å². The lowest BCUT2D eigenvalue weighted by molar-refractivity contribution is 0.184. The number of H-pyrrole nitrogens is 1. The highest BCUT2D eigenvalue weighted by Gasteiger charge is 2.11. The molecule has 142 valence electrons. The van der Waals surface area contributed by atoms with Gasteiger partial charge in [0.25, 0.3) is 0 Å². The smallest absolute Gasteiger partial charge is 0.198 e. The Labute approximate surface area is 160 Å². The molecule has 1 unspecified atom stereocenters. The summed E-state index contributed by atoms with van der Waals surface area (Å²) in [7, 11) is 1.72. The van der Waals surface area contributed by atoms with E-state index in [-0.39, 0.29) is 11.9 Å². The molecule has 1 heterocycles. The number of nitrogens with one attached hydrogen (secondary N) is 2. The number of nitrogens with zero attached hydrogens (tertiary/aromatic N) is 1. The zero-order chi connectivity index (χ0) is 19.4. The molecule has 5 heteroatoms. The van der Waals surface area contributed by atoms with E-state index in [0.717, 1.165) is 39.8 Å². The van der Waals surface area contributed by atoms with Crippen molar-refractivity contribution in [3.8, 4) is 5.88 Å². The number of aromatic amines is 1. The van der Waals surface area contributed by atoms with Gasteiger partial charge in [-0.05, 0) is 55.7 Å². The molecule has 0 aliphatic carbocycles. The molecule has 0 radical (unpaired) electrons. The maximum absolute atomic E-state index is 10.2. The summed E-state index contributed by atoms with van der Waals surface area (Å²) in [6, 6.07) is 12.3.